The highest BCUT2D eigenvalue weighted by Crippen LogP contribution is 2.26. The first kappa shape index (κ1) is 14.8. The molecule has 0 radical (unpaired) electrons. The smallest absolute Gasteiger partial charge is 0.240 e. The van der Waals surface area contributed by atoms with Crippen LogP contribution < -0.4 is 9.46 Å². The number of aromatic nitrogens is 2. The predicted molar refractivity (Wildman–Crippen MR) is 75.5 cm³/mol. The van der Waals surface area contributed by atoms with Gasteiger partial charge in [-0.3, -0.25) is 0 Å². The molecule has 1 aromatic carbocycles. The number of rotatable bonds is 6. The molecule has 0 fully saturated rings. The normalized spacial score (nSPS) is 11.5. The highest BCUT2D eigenvalue weighted by Gasteiger charge is 2.15. The largest absolute Gasteiger partial charge is 0.495 e. The summed E-state index contributed by atoms with van der Waals surface area (Å²) >= 11 is 5.92. The zero-order valence-electron chi connectivity index (χ0n) is 10.8. The molecule has 2 rings (SSSR count). The summed E-state index contributed by atoms with van der Waals surface area (Å²) in [5, 5.41) is 0.251. The summed E-state index contributed by atoms with van der Waals surface area (Å²) in [5.41, 5.74) is 0. The van der Waals surface area contributed by atoms with Gasteiger partial charge in [-0.15, -0.1) is 0 Å². The third kappa shape index (κ3) is 3.50. The van der Waals surface area contributed by atoms with Gasteiger partial charge in [0.05, 0.1) is 17.0 Å². The van der Waals surface area contributed by atoms with Gasteiger partial charge in [-0.1, -0.05) is 11.6 Å². The first-order chi connectivity index (χ1) is 9.53. The average Bonchev–Trinajstić information content (AvgIpc) is 2.91. The minimum absolute atomic E-state index is 0.0998. The number of aromatic amines is 1. The van der Waals surface area contributed by atoms with E-state index in [2.05, 4.69) is 14.7 Å². The Kier molecular flexibility index (Phi) is 4.64. The number of imidazole rings is 1. The number of H-pyrrole nitrogens is 1. The van der Waals surface area contributed by atoms with Crippen molar-refractivity contribution in [3.05, 3.63) is 41.4 Å². The maximum atomic E-state index is 12.1. The molecule has 1 heterocycles. The quantitative estimate of drug-likeness (QED) is 0.848. The summed E-state index contributed by atoms with van der Waals surface area (Å²) in [5.74, 6) is 1.15. The number of hydrogen-bond donors (Lipinski definition) is 2. The number of nitrogens with one attached hydrogen (secondary N) is 2. The van der Waals surface area contributed by atoms with E-state index in [0.717, 1.165) is 5.82 Å². The molecule has 0 aliphatic heterocycles. The first-order valence-electron chi connectivity index (χ1n) is 5.84. The Morgan fingerprint density at radius 2 is 2.25 bits per heavy atom. The summed E-state index contributed by atoms with van der Waals surface area (Å²) in [6, 6.07) is 4.32. The summed E-state index contributed by atoms with van der Waals surface area (Å²) in [6.45, 7) is 0.249. The van der Waals surface area contributed by atoms with Crippen LogP contribution in [0.1, 0.15) is 5.82 Å². The Labute approximate surface area is 122 Å². The highest BCUT2D eigenvalue weighted by molar-refractivity contribution is 7.89. The fraction of sp³-hybridized carbons (Fsp3) is 0.250. The molecule has 0 unspecified atom stereocenters. The zero-order chi connectivity index (χ0) is 14.6. The molecule has 0 aliphatic carbocycles. The van der Waals surface area contributed by atoms with Crippen molar-refractivity contribution in [1.29, 1.82) is 0 Å². The SMILES string of the molecule is COc1ccc(S(=O)(=O)NCCc2ncc[nH]2)cc1Cl. The summed E-state index contributed by atoms with van der Waals surface area (Å²) in [4.78, 5) is 7.02. The molecular weight excluding hydrogens is 302 g/mol. The van der Waals surface area contributed by atoms with Crippen LogP contribution in [-0.2, 0) is 16.4 Å². The number of sulfonamides is 1. The number of hydrogen-bond acceptors (Lipinski definition) is 4. The van der Waals surface area contributed by atoms with Gasteiger partial charge in [0.15, 0.2) is 0 Å². The first-order valence-corrected chi connectivity index (χ1v) is 7.70. The molecule has 0 aliphatic rings. The molecule has 0 saturated carbocycles. The molecular formula is C12H14ClN3O3S. The van der Waals surface area contributed by atoms with Crippen LogP contribution >= 0.6 is 11.6 Å². The van der Waals surface area contributed by atoms with Crippen molar-refractivity contribution in [3.63, 3.8) is 0 Å². The van der Waals surface area contributed by atoms with E-state index < -0.39 is 10.0 Å². The second-order valence-corrected chi connectivity index (χ2v) is 6.15. The zero-order valence-corrected chi connectivity index (χ0v) is 12.3. The number of halogens is 1. The van der Waals surface area contributed by atoms with Crippen molar-refractivity contribution >= 4 is 21.6 Å². The van der Waals surface area contributed by atoms with Crippen LogP contribution in [0.3, 0.4) is 0 Å². The maximum absolute atomic E-state index is 12.1. The molecule has 0 saturated heterocycles. The second-order valence-electron chi connectivity index (χ2n) is 3.98. The lowest BCUT2D eigenvalue weighted by Gasteiger charge is -2.08. The molecule has 108 valence electrons. The van der Waals surface area contributed by atoms with Gasteiger partial charge in [0.1, 0.15) is 11.6 Å². The lowest BCUT2D eigenvalue weighted by Crippen LogP contribution is -2.26. The molecule has 0 amide bonds. The predicted octanol–water partition coefficient (Wildman–Crippen LogP) is 1.59. The van der Waals surface area contributed by atoms with E-state index in [0.29, 0.717) is 12.2 Å². The Morgan fingerprint density at radius 3 is 2.85 bits per heavy atom. The Morgan fingerprint density at radius 1 is 1.45 bits per heavy atom. The monoisotopic (exact) mass is 315 g/mol. The number of nitrogens with zero attached hydrogens (tertiary/aromatic N) is 1. The lowest BCUT2D eigenvalue weighted by atomic mass is 10.3. The van der Waals surface area contributed by atoms with E-state index in [1.807, 2.05) is 0 Å². The Bertz CT molecular complexity index is 671. The molecule has 20 heavy (non-hydrogen) atoms. The van der Waals surface area contributed by atoms with Crippen LogP contribution in [0.4, 0.5) is 0 Å². The van der Waals surface area contributed by atoms with Gasteiger partial charge in [0, 0.05) is 25.4 Å². The average molecular weight is 316 g/mol. The molecule has 1 aromatic heterocycles. The fourth-order valence-electron chi connectivity index (χ4n) is 1.64. The van der Waals surface area contributed by atoms with Crippen LogP contribution in [0.25, 0.3) is 0 Å². The summed E-state index contributed by atoms with van der Waals surface area (Å²) < 4.78 is 31.6. The van der Waals surface area contributed by atoms with Crippen molar-refractivity contribution in [3.8, 4) is 5.75 Å². The van der Waals surface area contributed by atoms with Gasteiger partial charge in [-0.25, -0.2) is 18.1 Å². The van der Waals surface area contributed by atoms with E-state index in [9.17, 15) is 8.42 Å². The van der Waals surface area contributed by atoms with Crippen molar-refractivity contribution in [2.75, 3.05) is 13.7 Å². The molecule has 6 nitrogen and oxygen atoms in total. The standard InChI is InChI=1S/C12H14ClN3O3S/c1-19-11-3-2-9(8-10(11)13)20(17,18)16-5-4-12-14-6-7-15-12/h2-3,6-8,16H,4-5H2,1H3,(H,14,15). The number of methoxy groups -OCH3 is 1. The van der Waals surface area contributed by atoms with Crippen molar-refractivity contribution < 1.29 is 13.2 Å². The van der Waals surface area contributed by atoms with Crippen LogP contribution in [0.15, 0.2) is 35.5 Å². The van der Waals surface area contributed by atoms with Crippen molar-refractivity contribution in [1.82, 2.24) is 14.7 Å². The third-order valence-electron chi connectivity index (χ3n) is 2.64. The number of benzene rings is 1. The lowest BCUT2D eigenvalue weighted by molar-refractivity contribution is 0.414. The van der Waals surface area contributed by atoms with Crippen LogP contribution in [-0.4, -0.2) is 32.0 Å². The molecule has 8 heteroatoms. The minimum Gasteiger partial charge on any atom is -0.495 e. The summed E-state index contributed by atoms with van der Waals surface area (Å²) in [7, 11) is -2.12. The van der Waals surface area contributed by atoms with Gasteiger partial charge in [-0.05, 0) is 18.2 Å². The molecule has 0 atom stereocenters. The fourth-order valence-corrected chi connectivity index (χ4v) is 3.02. The highest BCUT2D eigenvalue weighted by atomic mass is 35.5. The summed E-state index contributed by atoms with van der Waals surface area (Å²) in [6.07, 6.45) is 3.79. The maximum Gasteiger partial charge on any atom is 0.240 e. The molecule has 2 aromatic rings. The third-order valence-corrected chi connectivity index (χ3v) is 4.40. The van der Waals surface area contributed by atoms with E-state index in [1.165, 1.54) is 25.3 Å². The van der Waals surface area contributed by atoms with Gasteiger partial charge in [-0.2, -0.15) is 0 Å². The van der Waals surface area contributed by atoms with E-state index in [1.54, 1.807) is 12.4 Å². The van der Waals surface area contributed by atoms with E-state index in [-0.39, 0.29) is 16.5 Å². The minimum atomic E-state index is -3.59. The van der Waals surface area contributed by atoms with E-state index >= 15 is 0 Å². The van der Waals surface area contributed by atoms with Crippen molar-refractivity contribution in [2.24, 2.45) is 0 Å². The molecule has 2 N–H and O–H groups in total. The van der Waals surface area contributed by atoms with Crippen LogP contribution in [0.2, 0.25) is 5.02 Å². The van der Waals surface area contributed by atoms with Crippen LogP contribution in [0.5, 0.6) is 5.75 Å². The van der Waals surface area contributed by atoms with Crippen LogP contribution in [0, 0.1) is 0 Å². The van der Waals surface area contributed by atoms with E-state index in [4.69, 9.17) is 16.3 Å². The number of ether oxygens (including phenoxy) is 1. The molecule has 0 bridgehead atoms. The molecule has 0 spiro atoms. The Hall–Kier alpha value is -1.57. The topological polar surface area (TPSA) is 84.1 Å². The second kappa shape index (κ2) is 6.25. The van der Waals surface area contributed by atoms with Gasteiger partial charge in [0.2, 0.25) is 10.0 Å². The van der Waals surface area contributed by atoms with Gasteiger partial charge < -0.3 is 9.72 Å². The Balaban J connectivity index is 2.04. The van der Waals surface area contributed by atoms with Gasteiger partial charge >= 0.3 is 0 Å². The van der Waals surface area contributed by atoms with Crippen molar-refractivity contribution in [2.45, 2.75) is 11.3 Å². The van der Waals surface area contributed by atoms with Gasteiger partial charge in [0.25, 0.3) is 0 Å².